The van der Waals surface area contributed by atoms with Gasteiger partial charge >= 0.3 is 0 Å². The molecule has 0 bridgehead atoms. The summed E-state index contributed by atoms with van der Waals surface area (Å²) in [6.07, 6.45) is 2.14. The fourth-order valence-electron chi connectivity index (χ4n) is 1.95. The van der Waals surface area contributed by atoms with E-state index in [2.05, 4.69) is 24.0 Å². The van der Waals surface area contributed by atoms with Gasteiger partial charge in [0.25, 0.3) is 0 Å². The van der Waals surface area contributed by atoms with Crippen LogP contribution in [-0.2, 0) is 6.42 Å². The predicted octanol–water partition coefficient (Wildman–Crippen LogP) is 3.02. The highest BCUT2D eigenvalue weighted by Gasteiger charge is 2.13. The molecule has 0 aliphatic rings. The largest absolute Gasteiger partial charge is 0.383 e. The highest BCUT2D eigenvalue weighted by Crippen LogP contribution is 2.33. The lowest BCUT2D eigenvalue weighted by Gasteiger charge is -2.12. The summed E-state index contributed by atoms with van der Waals surface area (Å²) >= 11 is 7.39. The molecule has 2 heterocycles. The minimum absolute atomic E-state index is 0.463. The van der Waals surface area contributed by atoms with Gasteiger partial charge in [-0.15, -0.1) is 0 Å². The van der Waals surface area contributed by atoms with Crippen LogP contribution in [0.4, 0.5) is 17.3 Å². The summed E-state index contributed by atoms with van der Waals surface area (Å²) in [5.74, 6) is 1.10. The second-order valence-electron chi connectivity index (χ2n) is 4.12. The van der Waals surface area contributed by atoms with Crippen molar-refractivity contribution in [3.8, 4) is 0 Å². The van der Waals surface area contributed by atoms with Gasteiger partial charge in [-0.25, -0.2) is 9.97 Å². The molecule has 0 radical (unpaired) electrons. The fourth-order valence-corrected chi connectivity index (χ4v) is 2.69. The third kappa shape index (κ3) is 2.14. The van der Waals surface area contributed by atoms with E-state index in [4.69, 9.17) is 17.3 Å². The van der Waals surface area contributed by atoms with Gasteiger partial charge in [0.2, 0.25) is 0 Å². The molecule has 0 aliphatic carbocycles. The van der Waals surface area contributed by atoms with Crippen LogP contribution in [0.1, 0.15) is 12.5 Å². The lowest BCUT2D eigenvalue weighted by atomic mass is 10.2. The lowest BCUT2D eigenvalue weighted by molar-refractivity contribution is 1.06. The monoisotopic (exact) mass is 306 g/mol. The number of fused-ring (bicyclic) bond motifs is 1. The molecule has 0 saturated heterocycles. The number of nitrogen functional groups attached to an aromatic ring is 1. The molecular weight excluding hydrogens is 296 g/mol. The quantitative estimate of drug-likeness (QED) is 0.773. The van der Waals surface area contributed by atoms with Crippen LogP contribution < -0.4 is 11.1 Å². The first-order chi connectivity index (χ1) is 9.70. The highest BCUT2D eigenvalue weighted by molar-refractivity contribution is 7.00. The smallest absolute Gasteiger partial charge is 0.139 e. The Hall–Kier alpha value is -1.99. The molecule has 20 heavy (non-hydrogen) atoms. The van der Waals surface area contributed by atoms with Crippen LogP contribution in [0, 0.1) is 0 Å². The van der Waals surface area contributed by atoms with Crippen molar-refractivity contribution >= 4 is 51.7 Å². The Bertz CT molecular complexity index is 772. The summed E-state index contributed by atoms with van der Waals surface area (Å²) in [6, 6.07) is 3.62. The summed E-state index contributed by atoms with van der Waals surface area (Å²) in [5.41, 5.74) is 8.92. The van der Waals surface area contributed by atoms with E-state index < -0.39 is 0 Å². The van der Waals surface area contributed by atoms with Crippen LogP contribution in [0.3, 0.4) is 0 Å². The minimum atomic E-state index is 0.463. The van der Waals surface area contributed by atoms with Gasteiger partial charge in [-0.1, -0.05) is 18.5 Å². The molecule has 0 atom stereocenters. The number of benzene rings is 1. The number of rotatable bonds is 3. The molecule has 102 valence electrons. The van der Waals surface area contributed by atoms with Gasteiger partial charge in [-0.05, 0) is 18.6 Å². The Balaban J connectivity index is 2.12. The number of hydrogen-bond acceptors (Lipinski definition) is 7. The van der Waals surface area contributed by atoms with E-state index in [9.17, 15) is 0 Å². The fraction of sp³-hybridized carbons (Fsp3) is 0.167. The van der Waals surface area contributed by atoms with E-state index in [-0.39, 0.29) is 0 Å². The van der Waals surface area contributed by atoms with Crippen molar-refractivity contribution in [3.05, 3.63) is 29.0 Å². The molecular formula is C12H11ClN6S. The lowest BCUT2D eigenvalue weighted by Crippen LogP contribution is -2.05. The van der Waals surface area contributed by atoms with Crippen molar-refractivity contribution in [2.24, 2.45) is 0 Å². The zero-order valence-electron chi connectivity index (χ0n) is 10.6. The summed E-state index contributed by atoms with van der Waals surface area (Å²) in [7, 11) is 0. The van der Waals surface area contributed by atoms with Crippen LogP contribution in [-0.4, -0.2) is 18.7 Å². The van der Waals surface area contributed by atoms with Gasteiger partial charge in [0.15, 0.2) is 0 Å². The van der Waals surface area contributed by atoms with Gasteiger partial charge in [0.1, 0.15) is 29.0 Å². The number of nitrogens with one attached hydrogen (secondary N) is 1. The Morgan fingerprint density at radius 2 is 2.15 bits per heavy atom. The molecule has 0 spiro atoms. The third-order valence-electron chi connectivity index (χ3n) is 2.95. The number of halogens is 1. The molecule has 3 aromatic rings. The molecule has 0 unspecified atom stereocenters. The van der Waals surface area contributed by atoms with Gasteiger partial charge in [0, 0.05) is 5.56 Å². The molecule has 3 rings (SSSR count). The van der Waals surface area contributed by atoms with Crippen molar-refractivity contribution in [1.29, 1.82) is 0 Å². The van der Waals surface area contributed by atoms with E-state index >= 15 is 0 Å². The predicted molar refractivity (Wildman–Crippen MR) is 81.5 cm³/mol. The topological polar surface area (TPSA) is 89.6 Å². The first-order valence-electron chi connectivity index (χ1n) is 5.97. The van der Waals surface area contributed by atoms with Crippen LogP contribution in [0.5, 0.6) is 0 Å². The van der Waals surface area contributed by atoms with Crippen molar-refractivity contribution in [3.63, 3.8) is 0 Å². The van der Waals surface area contributed by atoms with Crippen molar-refractivity contribution in [2.75, 3.05) is 11.1 Å². The maximum atomic E-state index is 6.25. The maximum absolute atomic E-state index is 6.25. The highest BCUT2D eigenvalue weighted by atomic mass is 35.5. The van der Waals surface area contributed by atoms with Crippen LogP contribution in [0.15, 0.2) is 18.5 Å². The van der Waals surface area contributed by atoms with E-state index in [1.54, 1.807) is 6.07 Å². The molecule has 3 N–H and O–H groups in total. The van der Waals surface area contributed by atoms with E-state index in [1.807, 2.05) is 13.0 Å². The Labute approximate surface area is 124 Å². The number of nitrogens with two attached hydrogens (primary N) is 1. The molecule has 0 fully saturated rings. The molecule has 0 saturated carbocycles. The van der Waals surface area contributed by atoms with Crippen molar-refractivity contribution in [2.45, 2.75) is 13.3 Å². The van der Waals surface area contributed by atoms with Crippen LogP contribution >= 0.6 is 23.3 Å². The zero-order chi connectivity index (χ0) is 14.1. The second kappa shape index (κ2) is 5.18. The van der Waals surface area contributed by atoms with E-state index in [1.165, 1.54) is 6.33 Å². The van der Waals surface area contributed by atoms with Crippen LogP contribution in [0.25, 0.3) is 11.0 Å². The molecule has 0 amide bonds. The molecule has 1 aromatic carbocycles. The summed E-state index contributed by atoms with van der Waals surface area (Å²) in [6.45, 7) is 1.99. The molecule has 8 heteroatoms. The molecule has 6 nitrogen and oxygen atoms in total. The summed E-state index contributed by atoms with van der Waals surface area (Å²) < 4.78 is 8.46. The molecule has 0 aliphatic heterocycles. The number of aromatic nitrogens is 4. The average Bonchev–Trinajstić information content (AvgIpc) is 2.91. The van der Waals surface area contributed by atoms with Crippen molar-refractivity contribution < 1.29 is 0 Å². The first-order valence-corrected chi connectivity index (χ1v) is 7.08. The molecule has 2 aromatic heterocycles. The standard InChI is InChI=1S/C12H11ClN6S/c1-2-6-11(14)15-5-16-12(6)17-9-7(13)3-4-8-10(9)19-20-18-8/h3-5H,2H2,1H3,(H3,14,15,16,17). The van der Waals surface area contributed by atoms with Crippen LogP contribution in [0.2, 0.25) is 5.02 Å². The average molecular weight is 307 g/mol. The van der Waals surface area contributed by atoms with Crippen molar-refractivity contribution in [1.82, 2.24) is 18.7 Å². The Morgan fingerprint density at radius 1 is 1.30 bits per heavy atom. The van der Waals surface area contributed by atoms with Gasteiger partial charge in [-0.2, -0.15) is 8.75 Å². The normalized spacial score (nSPS) is 10.9. The van der Waals surface area contributed by atoms with Gasteiger partial charge in [-0.3, -0.25) is 0 Å². The van der Waals surface area contributed by atoms with E-state index in [0.29, 0.717) is 22.3 Å². The Kier molecular flexibility index (Phi) is 3.37. The maximum Gasteiger partial charge on any atom is 0.139 e. The number of nitrogens with zero attached hydrogens (tertiary/aromatic N) is 4. The summed E-state index contributed by atoms with van der Waals surface area (Å²) in [5, 5.41) is 3.76. The zero-order valence-corrected chi connectivity index (χ0v) is 12.2. The minimum Gasteiger partial charge on any atom is -0.383 e. The van der Waals surface area contributed by atoms with E-state index in [0.717, 1.165) is 34.7 Å². The Morgan fingerprint density at radius 3 is 2.95 bits per heavy atom. The summed E-state index contributed by atoms with van der Waals surface area (Å²) in [4.78, 5) is 8.23. The van der Waals surface area contributed by atoms with Gasteiger partial charge in [0.05, 0.1) is 22.4 Å². The SMILES string of the molecule is CCc1c(N)ncnc1Nc1c(Cl)ccc2nsnc12. The first kappa shape index (κ1) is 13.0. The second-order valence-corrected chi connectivity index (χ2v) is 5.05. The number of hydrogen-bond donors (Lipinski definition) is 2. The third-order valence-corrected chi connectivity index (χ3v) is 3.81. The van der Waals surface area contributed by atoms with Gasteiger partial charge < -0.3 is 11.1 Å². The number of anilines is 3.